The number of halogens is 4. The van der Waals surface area contributed by atoms with Gasteiger partial charge in [0.1, 0.15) is 11.2 Å². The molecule has 3 N–H and O–H groups in total. The van der Waals surface area contributed by atoms with Crippen molar-refractivity contribution in [3.05, 3.63) is 92.5 Å². The Hall–Kier alpha value is -3.69. The zero-order valence-corrected chi connectivity index (χ0v) is 23.1. The van der Waals surface area contributed by atoms with Crippen molar-refractivity contribution < 1.29 is 33.0 Å². The van der Waals surface area contributed by atoms with Crippen molar-refractivity contribution in [3.63, 3.8) is 0 Å². The second-order valence-corrected chi connectivity index (χ2v) is 11.3. The standard InChI is InChI=1S/C29H24Cl2F2N2O5/c1-13-4-8-19(32)24(33)23(13)25-29(17-7-5-15(31)11-20(17)34-26(29)37)18(12-22(36)35-25)16-10-14(30)6-9-21(16)40-28(2,3)27(38)39/h4-11,18,25H,12H2,1-3H3,(H,34,37)(H,35,36)(H,38,39)/t18-,25+,29-/m1/s1. The molecule has 0 radical (unpaired) electrons. The molecule has 0 bridgehead atoms. The van der Waals surface area contributed by atoms with Crippen LogP contribution in [0.25, 0.3) is 0 Å². The van der Waals surface area contributed by atoms with Gasteiger partial charge in [-0.15, -0.1) is 0 Å². The maximum absolute atomic E-state index is 15.6. The average Bonchev–Trinajstić information content (AvgIpc) is 3.15. The summed E-state index contributed by atoms with van der Waals surface area (Å²) in [4.78, 5) is 39.4. The second kappa shape index (κ2) is 9.74. The largest absolute Gasteiger partial charge is 0.478 e. The molecule has 2 amide bonds. The van der Waals surface area contributed by atoms with Gasteiger partial charge in [0, 0.05) is 39.2 Å². The van der Waals surface area contributed by atoms with E-state index in [1.54, 1.807) is 19.1 Å². The van der Waals surface area contributed by atoms with E-state index >= 15 is 4.39 Å². The first-order chi connectivity index (χ1) is 18.8. The number of carbonyl (C=O) groups is 3. The van der Waals surface area contributed by atoms with E-state index in [9.17, 15) is 23.9 Å². The van der Waals surface area contributed by atoms with Crippen LogP contribution in [0.4, 0.5) is 14.5 Å². The third-order valence-corrected chi connectivity index (χ3v) is 8.09. The molecule has 0 aromatic heterocycles. The first-order valence-corrected chi connectivity index (χ1v) is 13.1. The second-order valence-electron chi connectivity index (χ2n) is 10.5. The summed E-state index contributed by atoms with van der Waals surface area (Å²) >= 11 is 12.6. The highest BCUT2D eigenvalue weighted by Crippen LogP contribution is 2.59. The lowest BCUT2D eigenvalue weighted by Crippen LogP contribution is -2.57. The predicted molar refractivity (Wildman–Crippen MR) is 145 cm³/mol. The number of aliphatic carboxylic acids is 1. The molecule has 1 fully saturated rings. The summed E-state index contributed by atoms with van der Waals surface area (Å²) in [5, 5.41) is 15.8. The zero-order valence-electron chi connectivity index (χ0n) is 21.6. The molecule has 11 heteroatoms. The van der Waals surface area contributed by atoms with Crippen molar-refractivity contribution in [2.45, 2.75) is 50.2 Å². The van der Waals surface area contributed by atoms with Crippen molar-refractivity contribution in [2.24, 2.45) is 0 Å². The number of anilines is 1. The average molecular weight is 589 g/mol. The number of ether oxygens (including phenoxy) is 1. The Morgan fingerprint density at radius 2 is 1.75 bits per heavy atom. The highest BCUT2D eigenvalue weighted by atomic mass is 35.5. The van der Waals surface area contributed by atoms with Crippen LogP contribution in [0.5, 0.6) is 5.75 Å². The molecule has 0 saturated carbocycles. The lowest BCUT2D eigenvalue weighted by Gasteiger charge is -2.47. The number of hydrogen-bond acceptors (Lipinski definition) is 4. The summed E-state index contributed by atoms with van der Waals surface area (Å²) in [5.74, 6) is -5.70. The van der Waals surface area contributed by atoms with Gasteiger partial charge in [0.2, 0.25) is 11.8 Å². The Labute approximate surface area is 238 Å². The van der Waals surface area contributed by atoms with Gasteiger partial charge >= 0.3 is 5.97 Å². The number of nitrogens with one attached hydrogen (secondary N) is 2. The van der Waals surface area contributed by atoms with Gasteiger partial charge in [0.25, 0.3) is 0 Å². The molecule has 2 aliphatic rings. The summed E-state index contributed by atoms with van der Waals surface area (Å²) in [6.45, 7) is 4.26. The number of carbonyl (C=O) groups excluding carboxylic acids is 2. The number of amides is 2. The Morgan fingerprint density at radius 3 is 2.45 bits per heavy atom. The number of piperidine rings is 1. The van der Waals surface area contributed by atoms with E-state index in [-0.39, 0.29) is 28.3 Å². The topological polar surface area (TPSA) is 105 Å². The van der Waals surface area contributed by atoms with E-state index in [4.69, 9.17) is 27.9 Å². The summed E-state index contributed by atoms with van der Waals surface area (Å²) in [7, 11) is 0. The normalized spacial score (nSPS) is 22.1. The quantitative estimate of drug-likeness (QED) is 0.336. The number of carboxylic acids is 1. The van der Waals surface area contributed by atoms with Crippen LogP contribution in [0, 0.1) is 18.6 Å². The molecule has 3 aromatic rings. The highest BCUT2D eigenvalue weighted by Gasteiger charge is 2.62. The predicted octanol–water partition coefficient (Wildman–Crippen LogP) is 6.06. The van der Waals surface area contributed by atoms with Crippen molar-refractivity contribution >= 4 is 46.7 Å². The molecule has 3 aromatic carbocycles. The number of aryl methyl sites for hydroxylation is 1. The van der Waals surface area contributed by atoms with E-state index in [0.717, 1.165) is 6.07 Å². The van der Waals surface area contributed by atoms with Gasteiger partial charge in [-0.25, -0.2) is 13.6 Å². The van der Waals surface area contributed by atoms with E-state index in [1.807, 2.05) is 0 Å². The third kappa shape index (κ3) is 4.28. The Balaban J connectivity index is 1.85. The minimum Gasteiger partial charge on any atom is -0.478 e. The van der Waals surface area contributed by atoms with Crippen LogP contribution in [0.1, 0.15) is 54.5 Å². The fraction of sp³-hybridized carbons (Fsp3) is 0.276. The van der Waals surface area contributed by atoms with E-state index in [1.165, 1.54) is 44.2 Å². The molecule has 2 heterocycles. The van der Waals surface area contributed by atoms with Gasteiger partial charge in [-0.1, -0.05) is 35.3 Å². The lowest BCUT2D eigenvalue weighted by atomic mass is 9.58. The van der Waals surface area contributed by atoms with Crippen LogP contribution in [-0.2, 0) is 19.8 Å². The SMILES string of the molecule is Cc1ccc(F)c(F)c1[C@@H]1NC(=O)C[C@H](c2cc(Cl)ccc2OC(C)(C)C(=O)O)[C@@]12C(=O)Nc1cc(Cl)ccc12. The monoisotopic (exact) mass is 588 g/mol. The van der Waals surface area contributed by atoms with E-state index < -0.39 is 52.4 Å². The van der Waals surface area contributed by atoms with Gasteiger partial charge in [0.15, 0.2) is 17.2 Å². The van der Waals surface area contributed by atoms with Gasteiger partial charge in [-0.3, -0.25) is 9.59 Å². The Morgan fingerprint density at radius 1 is 1.07 bits per heavy atom. The van der Waals surface area contributed by atoms with Gasteiger partial charge < -0.3 is 20.5 Å². The molecule has 0 aliphatic carbocycles. The molecule has 1 saturated heterocycles. The molecule has 7 nitrogen and oxygen atoms in total. The van der Waals surface area contributed by atoms with Gasteiger partial charge in [0.05, 0.1) is 6.04 Å². The van der Waals surface area contributed by atoms with Crippen LogP contribution in [-0.4, -0.2) is 28.5 Å². The minimum absolute atomic E-state index is 0.0706. The summed E-state index contributed by atoms with van der Waals surface area (Å²) in [5.41, 5.74) is -2.31. The number of benzene rings is 3. The molecule has 208 valence electrons. The van der Waals surface area contributed by atoms with Crippen LogP contribution < -0.4 is 15.4 Å². The minimum atomic E-state index is -1.73. The van der Waals surface area contributed by atoms with E-state index in [0.29, 0.717) is 21.8 Å². The highest BCUT2D eigenvalue weighted by molar-refractivity contribution is 6.31. The van der Waals surface area contributed by atoms with Crippen molar-refractivity contribution in [2.75, 3.05) is 5.32 Å². The van der Waals surface area contributed by atoms with E-state index in [2.05, 4.69) is 10.6 Å². The van der Waals surface area contributed by atoms with Gasteiger partial charge in [-0.2, -0.15) is 0 Å². The molecule has 1 spiro atoms. The van der Waals surface area contributed by atoms with Crippen molar-refractivity contribution in [3.8, 4) is 5.75 Å². The number of rotatable bonds is 5. The molecule has 0 unspecified atom stereocenters. The molecular formula is C29H24Cl2F2N2O5. The molecule has 40 heavy (non-hydrogen) atoms. The fourth-order valence-corrected chi connectivity index (χ4v) is 6.07. The maximum Gasteiger partial charge on any atom is 0.347 e. The Kier molecular flexibility index (Phi) is 6.79. The maximum atomic E-state index is 15.6. The van der Waals surface area contributed by atoms with Crippen molar-refractivity contribution in [1.29, 1.82) is 0 Å². The molecule has 3 atom stereocenters. The first kappa shape index (κ1) is 27.9. The smallest absolute Gasteiger partial charge is 0.347 e. The Bertz CT molecular complexity index is 1590. The van der Waals surface area contributed by atoms with Crippen molar-refractivity contribution in [1.82, 2.24) is 5.32 Å². The number of carboxylic acid groups (broad SMARTS) is 1. The molecule has 5 rings (SSSR count). The molecular weight excluding hydrogens is 565 g/mol. The number of fused-ring (bicyclic) bond motifs is 2. The van der Waals surface area contributed by atoms with Gasteiger partial charge in [-0.05, 0) is 68.3 Å². The summed E-state index contributed by atoms with van der Waals surface area (Å²) in [6, 6.07) is 10.1. The zero-order chi connectivity index (χ0) is 29.1. The van der Waals surface area contributed by atoms with Crippen LogP contribution in [0.3, 0.4) is 0 Å². The first-order valence-electron chi connectivity index (χ1n) is 12.3. The lowest BCUT2D eigenvalue weighted by molar-refractivity contribution is -0.152. The fourth-order valence-electron chi connectivity index (χ4n) is 5.72. The van der Waals surface area contributed by atoms with Crippen LogP contribution >= 0.6 is 23.2 Å². The van der Waals surface area contributed by atoms with Crippen LogP contribution in [0.2, 0.25) is 10.0 Å². The number of hydrogen-bond donors (Lipinski definition) is 3. The summed E-state index contributed by atoms with van der Waals surface area (Å²) < 4.78 is 36.1. The van der Waals surface area contributed by atoms with Crippen LogP contribution in [0.15, 0.2) is 48.5 Å². The molecule has 2 aliphatic heterocycles. The third-order valence-electron chi connectivity index (χ3n) is 7.62. The summed E-state index contributed by atoms with van der Waals surface area (Å²) in [6.07, 6.45) is -0.272.